The molecule has 0 aliphatic carbocycles. The minimum absolute atomic E-state index is 0.0124. The van der Waals surface area contributed by atoms with Gasteiger partial charge in [0.1, 0.15) is 4.90 Å². The highest BCUT2D eigenvalue weighted by molar-refractivity contribution is 7.89. The number of rotatable bonds is 2. The molecule has 1 aromatic rings. The van der Waals surface area contributed by atoms with Gasteiger partial charge in [0.05, 0.1) is 22.3 Å². The SMILES string of the molecule is O=S(=O)(c1c(Cl)cccc1Cl)N1C[C@@H](O)[C@@H](O)C1. The summed E-state index contributed by atoms with van der Waals surface area (Å²) in [5, 5.41) is 18.8. The highest BCUT2D eigenvalue weighted by Gasteiger charge is 2.39. The summed E-state index contributed by atoms with van der Waals surface area (Å²) in [7, 11) is -3.92. The van der Waals surface area contributed by atoms with Crippen molar-refractivity contribution in [2.24, 2.45) is 0 Å². The third kappa shape index (κ3) is 2.36. The van der Waals surface area contributed by atoms with Gasteiger partial charge in [-0.3, -0.25) is 0 Å². The van der Waals surface area contributed by atoms with Crippen LogP contribution in [0, 0.1) is 0 Å². The first-order chi connectivity index (χ1) is 8.34. The fraction of sp³-hybridized carbons (Fsp3) is 0.400. The van der Waals surface area contributed by atoms with Crippen LogP contribution in [0.2, 0.25) is 10.0 Å². The first kappa shape index (κ1) is 14.0. The van der Waals surface area contributed by atoms with Crippen molar-refractivity contribution >= 4 is 33.2 Å². The lowest BCUT2D eigenvalue weighted by molar-refractivity contribution is 0.0572. The van der Waals surface area contributed by atoms with Gasteiger partial charge in [-0.05, 0) is 12.1 Å². The highest BCUT2D eigenvalue weighted by Crippen LogP contribution is 2.32. The van der Waals surface area contributed by atoms with E-state index in [4.69, 9.17) is 23.2 Å². The molecule has 0 unspecified atom stereocenters. The molecule has 100 valence electrons. The number of sulfonamides is 1. The summed E-state index contributed by atoms with van der Waals surface area (Å²) in [6, 6.07) is 4.38. The topological polar surface area (TPSA) is 77.8 Å². The maximum Gasteiger partial charge on any atom is 0.246 e. The van der Waals surface area contributed by atoms with Crippen molar-refractivity contribution in [2.45, 2.75) is 17.1 Å². The molecule has 5 nitrogen and oxygen atoms in total. The number of hydrogen-bond acceptors (Lipinski definition) is 4. The van der Waals surface area contributed by atoms with Gasteiger partial charge in [-0.25, -0.2) is 8.42 Å². The number of aliphatic hydroxyl groups is 2. The summed E-state index contributed by atoms with van der Waals surface area (Å²) < 4.78 is 25.6. The number of hydrogen-bond donors (Lipinski definition) is 2. The molecule has 1 aliphatic rings. The van der Waals surface area contributed by atoms with Gasteiger partial charge in [-0.1, -0.05) is 29.3 Å². The van der Waals surface area contributed by atoms with E-state index in [2.05, 4.69) is 0 Å². The third-order valence-corrected chi connectivity index (χ3v) is 5.53. The van der Waals surface area contributed by atoms with Crippen molar-refractivity contribution in [3.05, 3.63) is 28.2 Å². The lowest BCUT2D eigenvalue weighted by atomic mass is 10.3. The minimum Gasteiger partial charge on any atom is -0.389 e. The molecule has 1 heterocycles. The Morgan fingerprint density at radius 1 is 1.11 bits per heavy atom. The van der Waals surface area contributed by atoms with Crippen molar-refractivity contribution < 1.29 is 18.6 Å². The van der Waals surface area contributed by atoms with Gasteiger partial charge in [-0.15, -0.1) is 0 Å². The summed E-state index contributed by atoms with van der Waals surface area (Å²) in [4.78, 5) is -0.199. The summed E-state index contributed by atoms with van der Waals surface area (Å²) in [6.07, 6.45) is -2.19. The molecule has 0 aromatic heterocycles. The predicted molar refractivity (Wildman–Crippen MR) is 67.2 cm³/mol. The van der Waals surface area contributed by atoms with E-state index in [1.807, 2.05) is 0 Å². The molecule has 1 saturated heterocycles. The summed E-state index contributed by atoms with van der Waals surface area (Å²) in [5.41, 5.74) is 0. The summed E-state index contributed by atoms with van der Waals surface area (Å²) in [6.45, 7) is -0.351. The zero-order valence-corrected chi connectivity index (χ0v) is 11.5. The van der Waals surface area contributed by atoms with Gasteiger partial charge in [0.2, 0.25) is 10.0 Å². The number of halogens is 2. The van der Waals surface area contributed by atoms with E-state index in [9.17, 15) is 18.6 Å². The zero-order valence-electron chi connectivity index (χ0n) is 9.12. The molecular weight excluding hydrogens is 301 g/mol. The van der Waals surface area contributed by atoms with E-state index in [-0.39, 0.29) is 28.0 Å². The van der Waals surface area contributed by atoms with Crippen LogP contribution in [0.15, 0.2) is 23.1 Å². The normalized spacial score (nSPS) is 25.6. The first-order valence-corrected chi connectivity index (χ1v) is 7.34. The molecule has 1 aliphatic heterocycles. The van der Waals surface area contributed by atoms with E-state index in [1.165, 1.54) is 18.2 Å². The van der Waals surface area contributed by atoms with Crippen molar-refractivity contribution in [1.82, 2.24) is 4.31 Å². The molecule has 1 fully saturated rings. The molecule has 0 radical (unpaired) electrons. The van der Waals surface area contributed by atoms with Gasteiger partial charge in [0, 0.05) is 13.1 Å². The summed E-state index contributed by atoms with van der Waals surface area (Å²) >= 11 is 11.7. The minimum atomic E-state index is -3.92. The second kappa shape index (κ2) is 4.96. The van der Waals surface area contributed by atoms with Gasteiger partial charge in [-0.2, -0.15) is 4.31 Å². The summed E-state index contributed by atoms with van der Waals surface area (Å²) in [5.74, 6) is 0. The Morgan fingerprint density at radius 3 is 2.00 bits per heavy atom. The standard InChI is InChI=1S/C10H11Cl2NO4S/c11-6-2-1-3-7(12)10(6)18(16,17)13-4-8(14)9(15)5-13/h1-3,8-9,14-15H,4-5H2/t8-,9+. The Hall–Kier alpha value is -0.370. The largest absolute Gasteiger partial charge is 0.389 e. The van der Waals surface area contributed by atoms with Crippen molar-refractivity contribution in [3.8, 4) is 0 Å². The first-order valence-electron chi connectivity index (χ1n) is 5.14. The van der Waals surface area contributed by atoms with Crippen LogP contribution in [0.25, 0.3) is 0 Å². The van der Waals surface area contributed by atoms with E-state index in [0.29, 0.717) is 0 Å². The van der Waals surface area contributed by atoms with Crippen molar-refractivity contribution in [2.75, 3.05) is 13.1 Å². The van der Waals surface area contributed by atoms with Crippen LogP contribution >= 0.6 is 23.2 Å². The molecule has 2 N–H and O–H groups in total. The Bertz CT molecular complexity index is 533. The number of β-amino-alcohol motifs (C(OH)–C–C–N with tert-alkyl or cyclic N) is 2. The maximum atomic E-state index is 12.3. The van der Waals surface area contributed by atoms with Crippen LogP contribution in [-0.2, 0) is 10.0 Å². The van der Waals surface area contributed by atoms with Crippen LogP contribution in [0.3, 0.4) is 0 Å². The highest BCUT2D eigenvalue weighted by atomic mass is 35.5. The molecule has 0 bridgehead atoms. The van der Waals surface area contributed by atoms with Crippen LogP contribution in [0.5, 0.6) is 0 Å². The molecule has 0 amide bonds. The predicted octanol–water partition coefficient (Wildman–Crippen LogP) is 0.720. The number of benzene rings is 1. The molecule has 1 aromatic carbocycles. The van der Waals surface area contributed by atoms with E-state index >= 15 is 0 Å². The molecule has 2 atom stereocenters. The number of nitrogens with zero attached hydrogens (tertiary/aromatic N) is 1. The Kier molecular flexibility index (Phi) is 3.87. The van der Waals surface area contributed by atoms with E-state index < -0.39 is 22.2 Å². The lowest BCUT2D eigenvalue weighted by Crippen LogP contribution is -2.30. The van der Waals surface area contributed by atoms with Crippen molar-refractivity contribution in [1.29, 1.82) is 0 Å². The fourth-order valence-electron chi connectivity index (χ4n) is 1.79. The molecular formula is C10H11Cl2NO4S. The van der Waals surface area contributed by atoms with Crippen molar-refractivity contribution in [3.63, 3.8) is 0 Å². The Balaban J connectivity index is 2.44. The van der Waals surface area contributed by atoms with Gasteiger partial charge < -0.3 is 10.2 Å². The molecule has 2 rings (SSSR count). The second-order valence-electron chi connectivity index (χ2n) is 4.01. The lowest BCUT2D eigenvalue weighted by Gasteiger charge is -2.17. The van der Waals surface area contributed by atoms with Crippen LogP contribution in [0.1, 0.15) is 0 Å². The second-order valence-corrected chi connectivity index (χ2v) is 6.70. The Labute approximate surface area is 115 Å². The maximum absolute atomic E-state index is 12.3. The average molecular weight is 312 g/mol. The van der Waals surface area contributed by atoms with Crippen LogP contribution in [-0.4, -0.2) is 48.2 Å². The molecule has 18 heavy (non-hydrogen) atoms. The molecule has 0 spiro atoms. The van der Waals surface area contributed by atoms with E-state index in [0.717, 1.165) is 4.31 Å². The smallest absolute Gasteiger partial charge is 0.246 e. The average Bonchev–Trinajstić information content (AvgIpc) is 2.59. The molecule has 0 saturated carbocycles. The monoisotopic (exact) mass is 311 g/mol. The van der Waals surface area contributed by atoms with Crippen LogP contribution < -0.4 is 0 Å². The van der Waals surface area contributed by atoms with Gasteiger partial charge in [0.25, 0.3) is 0 Å². The quantitative estimate of drug-likeness (QED) is 0.843. The van der Waals surface area contributed by atoms with Crippen LogP contribution in [0.4, 0.5) is 0 Å². The number of aliphatic hydroxyl groups excluding tert-OH is 2. The zero-order chi connectivity index (χ0) is 13.5. The van der Waals surface area contributed by atoms with Gasteiger partial charge >= 0.3 is 0 Å². The molecule has 8 heteroatoms. The van der Waals surface area contributed by atoms with E-state index in [1.54, 1.807) is 0 Å². The third-order valence-electron chi connectivity index (χ3n) is 2.74. The Morgan fingerprint density at radius 2 is 1.56 bits per heavy atom. The van der Waals surface area contributed by atoms with Gasteiger partial charge in [0.15, 0.2) is 0 Å². The fourth-order valence-corrected chi connectivity index (χ4v) is 4.36.